The summed E-state index contributed by atoms with van der Waals surface area (Å²) < 4.78 is 5.80. The lowest BCUT2D eigenvalue weighted by Gasteiger charge is -2.11. The van der Waals surface area contributed by atoms with E-state index in [0.29, 0.717) is 10.9 Å². The molecule has 0 fully saturated rings. The number of halogens is 2. The van der Waals surface area contributed by atoms with Crippen LogP contribution in [0.2, 0.25) is 5.02 Å². The first-order chi connectivity index (χ1) is 9.19. The van der Waals surface area contributed by atoms with Gasteiger partial charge in [0.05, 0.1) is 0 Å². The van der Waals surface area contributed by atoms with Crippen molar-refractivity contribution in [1.82, 2.24) is 10.2 Å². The number of benzene rings is 1. The Bertz CT molecular complexity index is 533. The Morgan fingerprint density at radius 3 is 2.95 bits per heavy atom. The van der Waals surface area contributed by atoms with Crippen molar-refractivity contribution < 1.29 is 4.74 Å². The molecule has 2 rings (SSSR count). The summed E-state index contributed by atoms with van der Waals surface area (Å²) in [6, 6.07) is 7.33. The van der Waals surface area contributed by atoms with Crippen molar-refractivity contribution in [2.45, 2.75) is 25.9 Å². The zero-order valence-corrected chi connectivity index (χ0v) is 12.8. The van der Waals surface area contributed by atoms with Gasteiger partial charge >= 0.3 is 0 Å². The van der Waals surface area contributed by atoms with E-state index in [1.807, 2.05) is 25.1 Å². The molecule has 1 atom stereocenters. The lowest BCUT2D eigenvalue weighted by Crippen LogP contribution is -2.02. The third-order valence-corrected chi connectivity index (χ3v) is 4.11. The van der Waals surface area contributed by atoms with E-state index >= 15 is 0 Å². The Morgan fingerprint density at radius 2 is 2.21 bits per heavy atom. The second-order valence-electron chi connectivity index (χ2n) is 4.04. The first kappa shape index (κ1) is 14.6. The molecule has 0 saturated heterocycles. The Balaban J connectivity index is 1.99. The summed E-state index contributed by atoms with van der Waals surface area (Å²) in [5, 5.41) is 10.8. The monoisotopic (exact) mass is 316 g/mol. The van der Waals surface area contributed by atoms with Gasteiger partial charge in [-0.1, -0.05) is 29.0 Å². The minimum absolute atomic E-state index is 0.138. The normalized spacial score (nSPS) is 12.4. The van der Waals surface area contributed by atoms with Crippen LogP contribution < -0.4 is 4.74 Å². The van der Waals surface area contributed by atoms with Gasteiger partial charge in [-0.05, 0) is 31.5 Å². The summed E-state index contributed by atoms with van der Waals surface area (Å²) in [5.41, 5.74) is 0. The van der Waals surface area contributed by atoms with Gasteiger partial charge in [0, 0.05) is 17.3 Å². The number of nitrogens with zero attached hydrogens (tertiary/aromatic N) is 2. The van der Waals surface area contributed by atoms with E-state index in [1.165, 1.54) is 0 Å². The second kappa shape index (κ2) is 7.08. The second-order valence-corrected chi connectivity index (χ2v) is 5.95. The molecule has 0 aliphatic carbocycles. The largest absolute Gasteiger partial charge is 0.483 e. The fraction of sp³-hybridized carbons (Fsp3) is 0.385. The minimum atomic E-state index is -0.138. The summed E-state index contributed by atoms with van der Waals surface area (Å²) in [7, 11) is 0. The van der Waals surface area contributed by atoms with Gasteiger partial charge in [-0.15, -0.1) is 21.8 Å². The zero-order valence-electron chi connectivity index (χ0n) is 10.5. The Hall–Kier alpha value is -0.840. The van der Waals surface area contributed by atoms with Crippen molar-refractivity contribution in [2.24, 2.45) is 0 Å². The van der Waals surface area contributed by atoms with E-state index in [1.54, 1.807) is 17.4 Å². The Kier molecular flexibility index (Phi) is 5.43. The molecule has 19 heavy (non-hydrogen) atoms. The number of rotatable bonds is 6. The highest BCUT2D eigenvalue weighted by atomic mass is 35.5. The molecule has 1 unspecified atom stereocenters. The summed E-state index contributed by atoms with van der Waals surface area (Å²) in [5.74, 6) is 1.38. The molecule has 0 aliphatic heterocycles. The zero-order chi connectivity index (χ0) is 13.7. The van der Waals surface area contributed by atoms with Crippen molar-refractivity contribution in [3.63, 3.8) is 0 Å². The highest BCUT2D eigenvalue weighted by molar-refractivity contribution is 7.11. The van der Waals surface area contributed by atoms with Gasteiger partial charge in [0.15, 0.2) is 5.01 Å². The van der Waals surface area contributed by atoms with Crippen molar-refractivity contribution in [3.8, 4) is 5.75 Å². The van der Waals surface area contributed by atoms with Crippen LogP contribution in [0.25, 0.3) is 0 Å². The predicted octanol–water partition coefficient (Wildman–Crippen LogP) is 4.50. The van der Waals surface area contributed by atoms with E-state index in [-0.39, 0.29) is 6.10 Å². The van der Waals surface area contributed by atoms with E-state index in [0.717, 1.165) is 28.6 Å². The molecule has 0 radical (unpaired) electrons. The SMILES string of the molecule is CC(Oc1cccc(Cl)c1)c1nnc(CCCCl)s1. The first-order valence-electron chi connectivity index (χ1n) is 5.99. The molecule has 102 valence electrons. The first-order valence-corrected chi connectivity index (χ1v) is 7.72. The van der Waals surface area contributed by atoms with Gasteiger partial charge < -0.3 is 4.74 Å². The molecule has 1 heterocycles. The smallest absolute Gasteiger partial charge is 0.157 e. The van der Waals surface area contributed by atoms with Gasteiger partial charge in [0.2, 0.25) is 0 Å². The fourth-order valence-electron chi connectivity index (χ4n) is 1.54. The van der Waals surface area contributed by atoms with Crippen LogP contribution in [-0.4, -0.2) is 16.1 Å². The highest BCUT2D eigenvalue weighted by Crippen LogP contribution is 2.26. The van der Waals surface area contributed by atoms with Crippen LogP contribution in [-0.2, 0) is 6.42 Å². The molecule has 0 N–H and O–H groups in total. The molecule has 0 bridgehead atoms. The maximum absolute atomic E-state index is 5.92. The van der Waals surface area contributed by atoms with Gasteiger partial charge in [-0.25, -0.2) is 0 Å². The van der Waals surface area contributed by atoms with Crippen LogP contribution in [0.3, 0.4) is 0 Å². The molecule has 0 saturated carbocycles. The lowest BCUT2D eigenvalue weighted by molar-refractivity contribution is 0.225. The molecule has 1 aromatic heterocycles. The number of hydrogen-bond acceptors (Lipinski definition) is 4. The summed E-state index contributed by atoms with van der Waals surface area (Å²) in [6.07, 6.45) is 1.64. The number of aryl methyl sites for hydroxylation is 1. The van der Waals surface area contributed by atoms with Crippen LogP contribution in [0.1, 0.15) is 29.5 Å². The van der Waals surface area contributed by atoms with Crippen molar-refractivity contribution in [2.75, 3.05) is 5.88 Å². The van der Waals surface area contributed by atoms with Crippen LogP contribution >= 0.6 is 34.5 Å². The summed E-state index contributed by atoms with van der Waals surface area (Å²) in [4.78, 5) is 0. The van der Waals surface area contributed by atoms with Gasteiger partial charge in [0.1, 0.15) is 16.9 Å². The standard InChI is InChI=1S/C13H14Cl2N2OS/c1-9(18-11-5-2-4-10(15)8-11)13-17-16-12(19-13)6-3-7-14/h2,4-5,8-9H,3,6-7H2,1H3. The number of ether oxygens (including phenoxy) is 1. The van der Waals surface area contributed by atoms with E-state index < -0.39 is 0 Å². The molecule has 1 aromatic carbocycles. The van der Waals surface area contributed by atoms with Gasteiger partial charge in [-0.2, -0.15) is 0 Å². The highest BCUT2D eigenvalue weighted by Gasteiger charge is 2.13. The average Bonchev–Trinajstić information content (AvgIpc) is 2.85. The molecule has 6 heteroatoms. The van der Waals surface area contributed by atoms with Gasteiger partial charge in [-0.3, -0.25) is 0 Å². The van der Waals surface area contributed by atoms with Crippen molar-refractivity contribution in [1.29, 1.82) is 0 Å². The topological polar surface area (TPSA) is 35.0 Å². The van der Waals surface area contributed by atoms with Crippen molar-refractivity contribution >= 4 is 34.5 Å². The average molecular weight is 317 g/mol. The van der Waals surface area contributed by atoms with E-state index in [2.05, 4.69) is 10.2 Å². The van der Waals surface area contributed by atoms with Gasteiger partial charge in [0.25, 0.3) is 0 Å². The summed E-state index contributed by atoms with van der Waals surface area (Å²) in [6.45, 7) is 1.95. The predicted molar refractivity (Wildman–Crippen MR) is 79.4 cm³/mol. The minimum Gasteiger partial charge on any atom is -0.483 e. The maximum atomic E-state index is 5.92. The van der Waals surface area contributed by atoms with E-state index in [4.69, 9.17) is 27.9 Å². The number of aromatic nitrogens is 2. The third-order valence-electron chi connectivity index (χ3n) is 2.46. The number of hydrogen-bond donors (Lipinski definition) is 0. The Labute approximate surface area is 126 Å². The molecular weight excluding hydrogens is 303 g/mol. The molecular formula is C13H14Cl2N2OS. The molecule has 0 spiro atoms. The lowest BCUT2D eigenvalue weighted by atomic mass is 10.3. The van der Waals surface area contributed by atoms with Crippen molar-refractivity contribution in [3.05, 3.63) is 39.3 Å². The quantitative estimate of drug-likeness (QED) is 0.736. The maximum Gasteiger partial charge on any atom is 0.157 e. The molecule has 0 aliphatic rings. The molecule has 0 amide bonds. The van der Waals surface area contributed by atoms with E-state index in [9.17, 15) is 0 Å². The Morgan fingerprint density at radius 1 is 1.37 bits per heavy atom. The molecule has 2 aromatic rings. The van der Waals surface area contributed by atoms with Crippen LogP contribution in [0.4, 0.5) is 0 Å². The third kappa shape index (κ3) is 4.34. The number of alkyl halides is 1. The van der Waals surface area contributed by atoms with Crippen LogP contribution in [0.15, 0.2) is 24.3 Å². The van der Waals surface area contributed by atoms with Crippen LogP contribution in [0, 0.1) is 0 Å². The van der Waals surface area contributed by atoms with Crippen LogP contribution in [0.5, 0.6) is 5.75 Å². The fourth-order valence-corrected chi connectivity index (χ4v) is 2.72. The summed E-state index contributed by atoms with van der Waals surface area (Å²) >= 11 is 13.1. The molecule has 3 nitrogen and oxygen atoms in total.